The molecular formula is C18H18N4O4S. The number of aromatic nitrogens is 1. The maximum Gasteiger partial charge on any atom is 0.323 e. The lowest BCUT2D eigenvalue weighted by Gasteiger charge is -2.10. The number of thiazole rings is 1. The van der Waals surface area contributed by atoms with Crippen molar-refractivity contribution in [1.82, 2.24) is 4.98 Å². The summed E-state index contributed by atoms with van der Waals surface area (Å²) in [4.78, 5) is 27.9. The molecule has 140 valence electrons. The van der Waals surface area contributed by atoms with E-state index >= 15 is 0 Å². The molecule has 9 heteroatoms. The molecule has 3 N–H and O–H groups in total. The molecule has 27 heavy (non-hydrogen) atoms. The van der Waals surface area contributed by atoms with E-state index in [-0.39, 0.29) is 5.91 Å². The zero-order valence-electron chi connectivity index (χ0n) is 15.0. The van der Waals surface area contributed by atoms with E-state index in [2.05, 4.69) is 20.9 Å². The number of urea groups is 1. The van der Waals surface area contributed by atoms with Crippen LogP contribution in [0.2, 0.25) is 0 Å². The third kappa shape index (κ3) is 4.45. The average Bonchev–Trinajstić information content (AvgIpc) is 3.02. The van der Waals surface area contributed by atoms with E-state index in [1.54, 1.807) is 43.5 Å². The fourth-order valence-corrected chi connectivity index (χ4v) is 3.39. The summed E-state index contributed by atoms with van der Waals surface area (Å²) in [6.07, 6.45) is 0. The Balaban J connectivity index is 1.81. The highest BCUT2D eigenvalue weighted by Gasteiger charge is 2.13. The van der Waals surface area contributed by atoms with Gasteiger partial charge in [-0.1, -0.05) is 17.4 Å². The molecule has 3 amide bonds. The molecule has 0 aliphatic carbocycles. The van der Waals surface area contributed by atoms with Gasteiger partial charge in [0, 0.05) is 30.4 Å². The van der Waals surface area contributed by atoms with Crippen LogP contribution in [0.1, 0.15) is 6.92 Å². The number of hydrogen-bond donors (Lipinski definition) is 3. The highest BCUT2D eigenvalue weighted by atomic mass is 32.1. The predicted octanol–water partition coefficient (Wildman–Crippen LogP) is 3.92. The standard InChI is InChI=1S/C18H18N4O4S/c1-10(23)19-18-22-16-14(26-3)8-12(9-15(16)27-18)21-17(24)20-11-5-4-6-13(7-11)25-2/h4-9H,1-3H3,(H,19,22,23)(H2,20,21,24). The van der Waals surface area contributed by atoms with Gasteiger partial charge in [0.1, 0.15) is 17.0 Å². The van der Waals surface area contributed by atoms with Crippen LogP contribution in [0, 0.1) is 0 Å². The summed E-state index contributed by atoms with van der Waals surface area (Å²) in [7, 11) is 3.08. The number of methoxy groups -OCH3 is 2. The molecule has 0 atom stereocenters. The van der Waals surface area contributed by atoms with Gasteiger partial charge in [0.25, 0.3) is 0 Å². The summed E-state index contributed by atoms with van der Waals surface area (Å²) in [5, 5.41) is 8.62. The van der Waals surface area contributed by atoms with Crippen LogP contribution >= 0.6 is 11.3 Å². The molecule has 0 saturated carbocycles. The minimum atomic E-state index is -0.406. The van der Waals surface area contributed by atoms with Crippen molar-refractivity contribution in [3.8, 4) is 11.5 Å². The average molecular weight is 386 g/mol. The van der Waals surface area contributed by atoms with Crippen LogP contribution in [0.25, 0.3) is 10.2 Å². The lowest BCUT2D eigenvalue weighted by molar-refractivity contribution is -0.114. The number of ether oxygens (including phenoxy) is 2. The molecule has 1 aromatic heterocycles. The maximum absolute atomic E-state index is 12.3. The fraction of sp³-hybridized carbons (Fsp3) is 0.167. The molecule has 8 nitrogen and oxygen atoms in total. The van der Waals surface area contributed by atoms with E-state index in [9.17, 15) is 9.59 Å². The van der Waals surface area contributed by atoms with Gasteiger partial charge < -0.3 is 25.4 Å². The van der Waals surface area contributed by atoms with E-state index in [1.165, 1.54) is 25.4 Å². The number of fused-ring (bicyclic) bond motifs is 1. The molecule has 3 rings (SSSR count). The van der Waals surface area contributed by atoms with Gasteiger partial charge in [0.05, 0.1) is 18.9 Å². The van der Waals surface area contributed by atoms with Gasteiger partial charge >= 0.3 is 6.03 Å². The molecule has 0 bridgehead atoms. The summed E-state index contributed by atoms with van der Waals surface area (Å²) in [5.74, 6) is 0.937. The van der Waals surface area contributed by atoms with Crippen LogP contribution in [0.15, 0.2) is 36.4 Å². The molecular weight excluding hydrogens is 368 g/mol. The van der Waals surface area contributed by atoms with E-state index in [0.717, 1.165) is 4.70 Å². The van der Waals surface area contributed by atoms with Crippen molar-refractivity contribution in [1.29, 1.82) is 0 Å². The Kier molecular flexibility index (Phi) is 5.41. The second-order valence-corrected chi connectivity index (χ2v) is 6.57. The molecule has 0 radical (unpaired) electrons. The second-order valence-electron chi connectivity index (χ2n) is 5.54. The number of nitrogens with one attached hydrogen (secondary N) is 3. The Labute approximate surface area is 159 Å². The van der Waals surface area contributed by atoms with Crippen LogP contribution in [-0.4, -0.2) is 31.1 Å². The fourth-order valence-electron chi connectivity index (χ4n) is 2.42. The highest BCUT2D eigenvalue weighted by molar-refractivity contribution is 7.22. The minimum absolute atomic E-state index is 0.205. The summed E-state index contributed by atoms with van der Waals surface area (Å²) < 4.78 is 11.3. The quantitative estimate of drug-likeness (QED) is 0.617. The van der Waals surface area contributed by atoms with E-state index in [0.29, 0.717) is 33.5 Å². The normalized spacial score (nSPS) is 10.3. The molecule has 3 aromatic rings. The zero-order valence-corrected chi connectivity index (χ0v) is 15.8. The Bertz CT molecular complexity index is 1000. The number of anilines is 3. The monoisotopic (exact) mass is 386 g/mol. The lowest BCUT2D eigenvalue weighted by atomic mass is 10.2. The summed E-state index contributed by atoms with van der Waals surface area (Å²) >= 11 is 1.29. The molecule has 0 spiro atoms. The SMILES string of the molecule is COc1cccc(NC(=O)Nc2cc(OC)c3nc(NC(C)=O)sc3c2)c1. The van der Waals surface area contributed by atoms with Gasteiger partial charge in [-0.2, -0.15) is 0 Å². The largest absolute Gasteiger partial charge is 0.497 e. The first-order valence-electron chi connectivity index (χ1n) is 7.96. The summed E-state index contributed by atoms with van der Waals surface area (Å²) in [5.41, 5.74) is 1.76. The Morgan fingerprint density at radius 3 is 2.48 bits per heavy atom. The molecule has 2 aromatic carbocycles. The number of rotatable bonds is 5. The van der Waals surface area contributed by atoms with Crippen molar-refractivity contribution in [2.24, 2.45) is 0 Å². The number of carbonyl (C=O) groups is 2. The van der Waals surface area contributed by atoms with Crippen LogP contribution in [0.4, 0.5) is 21.3 Å². The van der Waals surface area contributed by atoms with Crippen molar-refractivity contribution in [3.63, 3.8) is 0 Å². The first-order valence-corrected chi connectivity index (χ1v) is 8.78. The number of amides is 3. The third-order valence-corrected chi connectivity index (χ3v) is 4.47. The van der Waals surface area contributed by atoms with Crippen molar-refractivity contribution >= 4 is 50.0 Å². The van der Waals surface area contributed by atoms with E-state index < -0.39 is 6.03 Å². The lowest BCUT2D eigenvalue weighted by Crippen LogP contribution is -2.19. The van der Waals surface area contributed by atoms with Crippen LogP contribution in [-0.2, 0) is 4.79 Å². The maximum atomic E-state index is 12.3. The first-order chi connectivity index (χ1) is 13.0. The molecule has 0 unspecified atom stereocenters. The predicted molar refractivity (Wildman–Crippen MR) is 106 cm³/mol. The number of hydrogen-bond acceptors (Lipinski definition) is 6. The Morgan fingerprint density at radius 1 is 1.00 bits per heavy atom. The Morgan fingerprint density at radius 2 is 1.78 bits per heavy atom. The van der Waals surface area contributed by atoms with Gasteiger partial charge in [-0.15, -0.1) is 0 Å². The third-order valence-electron chi connectivity index (χ3n) is 3.55. The van der Waals surface area contributed by atoms with Gasteiger partial charge in [0.15, 0.2) is 5.13 Å². The number of carbonyl (C=O) groups excluding carboxylic acids is 2. The van der Waals surface area contributed by atoms with Crippen LogP contribution < -0.4 is 25.4 Å². The first kappa shape index (κ1) is 18.5. The van der Waals surface area contributed by atoms with E-state index in [4.69, 9.17) is 9.47 Å². The number of benzene rings is 2. The van der Waals surface area contributed by atoms with Crippen LogP contribution in [0.5, 0.6) is 11.5 Å². The van der Waals surface area contributed by atoms with Crippen molar-refractivity contribution in [3.05, 3.63) is 36.4 Å². The molecule has 0 aliphatic rings. The van der Waals surface area contributed by atoms with Gasteiger partial charge in [-0.05, 0) is 18.2 Å². The van der Waals surface area contributed by atoms with E-state index in [1.807, 2.05) is 0 Å². The topological polar surface area (TPSA) is 102 Å². The molecule has 0 fully saturated rings. The van der Waals surface area contributed by atoms with Crippen molar-refractivity contribution in [2.75, 3.05) is 30.2 Å². The van der Waals surface area contributed by atoms with Crippen LogP contribution in [0.3, 0.4) is 0 Å². The smallest absolute Gasteiger partial charge is 0.323 e. The van der Waals surface area contributed by atoms with Crippen molar-refractivity contribution < 1.29 is 19.1 Å². The summed E-state index contributed by atoms with van der Waals surface area (Å²) in [6, 6.07) is 10.1. The molecule has 1 heterocycles. The molecule has 0 saturated heterocycles. The van der Waals surface area contributed by atoms with Gasteiger partial charge in [0.2, 0.25) is 5.91 Å². The second kappa shape index (κ2) is 7.92. The highest BCUT2D eigenvalue weighted by Crippen LogP contribution is 2.35. The Hall–Kier alpha value is -3.33. The molecule has 0 aliphatic heterocycles. The minimum Gasteiger partial charge on any atom is -0.497 e. The number of nitrogens with zero attached hydrogens (tertiary/aromatic N) is 1. The van der Waals surface area contributed by atoms with Gasteiger partial charge in [-0.25, -0.2) is 9.78 Å². The zero-order chi connectivity index (χ0) is 19.4. The van der Waals surface area contributed by atoms with Crippen molar-refractivity contribution in [2.45, 2.75) is 6.92 Å². The van der Waals surface area contributed by atoms with Gasteiger partial charge in [-0.3, -0.25) is 4.79 Å². The summed E-state index contributed by atoms with van der Waals surface area (Å²) in [6.45, 7) is 1.42.